The largest absolute Gasteiger partial charge is 0.490 e. The molecule has 9 rings (SSSR count). The molecule has 506 valence electrons. The van der Waals surface area contributed by atoms with Crippen LogP contribution in [0.25, 0.3) is 28.1 Å². The zero-order chi connectivity index (χ0) is 68.5. The third-order valence-electron chi connectivity index (χ3n) is 15.7. The number of nitrogens with zero attached hydrogens (tertiary/aromatic N) is 5. The summed E-state index contributed by atoms with van der Waals surface area (Å²) in [6.07, 6.45) is 5.96. The third kappa shape index (κ3) is 16.7. The number of hydrogen-bond acceptors (Lipinski definition) is 21. The lowest BCUT2D eigenvalue weighted by Gasteiger charge is -2.43. The summed E-state index contributed by atoms with van der Waals surface area (Å²) in [7, 11) is -26.6. The van der Waals surface area contributed by atoms with Crippen molar-refractivity contribution in [3.05, 3.63) is 142 Å². The Bertz CT molecular complexity index is 4450. The van der Waals surface area contributed by atoms with Crippen LogP contribution in [-0.2, 0) is 66.8 Å². The number of aliphatic hydroxyl groups is 1. The molecule has 5 aromatic rings. The molecule has 0 bridgehead atoms. The van der Waals surface area contributed by atoms with E-state index < -0.39 is 114 Å². The lowest BCUT2D eigenvalue weighted by molar-refractivity contribution is -0.437. The quantitative estimate of drug-likeness (QED) is 0.0101. The highest BCUT2D eigenvalue weighted by Gasteiger charge is 2.51. The number of fused-ring (bicyclic) bond motifs is 4. The van der Waals surface area contributed by atoms with Crippen molar-refractivity contribution in [2.75, 3.05) is 49.2 Å². The number of carbonyl (C=O) groups is 2. The van der Waals surface area contributed by atoms with Gasteiger partial charge in [0.25, 0.3) is 25.8 Å². The van der Waals surface area contributed by atoms with Crippen LogP contribution in [0.15, 0.2) is 119 Å². The Morgan fingerprint density at radius 3 is 2.34 bits per heavy atom. The third-order valence-corrected chi connectivity index (χ3v) is 21.2. The Balaban J connectivity index is 0.902. The molecule has 94 heavy (non-hydrogen) atoms. The number of nitrogens with two attached hydrogens (primary N) is 1. The lowest BCUT2D eigenvalue weighted by Crippen LogP contribution is -2.44. The summed E-state index contributed by atoms with van der Waals surface area (Å²) in [5.74, 6) is -0.192. The number of phosphoric acid groups is 3. The van der Waals surface area contributed by atoms with Crippen LogP contribution in [0, 0.1) is 0 Å². The number of rotatable bonds is 26. The van der Waals surface area contributed by atoms with Crippen molar-refractivity contribution in [1.29, 1.82) is 0 Å². The Morgan fingerprint density at radius 1 is 0.926 bits per heavy atom. The fourth-order valence-electron chi connectivity index (χ4n) is 11.7. The Kier molecular flexibility index (Phi) is 21.0. The minimum absolute atomic E-state index is 0.0304. The topological polar surface area (TPSA) is 471 Å². The van der Waals surface area contributed by atoms with Gasteiger partial charge in [0.1, 0.15) is 30.3 Å². The van der Waals surface area contributed by atoms with E-state index in [0.29, 0.717) is 28.5 Å². The van der Waals surface area contributed by atoms with Crippen molar-refractivity contribution in [1.82, 2.24) is 30.2 Å². The maximum Gasteiger partial charge on any atom is 0.490 e. The molecule has 2 aromatic heterocycles. The number of benzene rings is 3. The van der Waals surface area contributed by atoms with Crippen LogP contribution in [0.5, 0.6) is 5.75 Å². The molecule has 0 spiro atoms. The van der Waals surface area contributed by atoms with E-state index in [4.69, 9.17) is 29.7 Å². The number of anilines is 2. The van der Waals surface area contributed by atoms with E-state index in [-0.39, 0.29) is 62.0 Å². The van der Waals surface area contributed by atoms with E-state index in [9.17, 15) is 68.9 Å². The number of aliphatic hydroxyl groups excluding tert-OH is 1. The molecule has 12 N–H and O–H groups in total. The van der Waals surface area contributed by atoms with Gasteiger partial charge in [0.15, 0.2) is 29.2 Å². The molecule has 2 amide bonds. The van der Waals surface area contributed by atoms with Gasteiger partial charge in [0.05, 0.1) is 34.5 Å². The molecule has 37 heteroatoms. The summed E-state index contributed by atoms with van der Waals surface area (Å²) < 4.78 is 138. The molecule has 3 unspecified atom stereocenters. The maximum absolute atomic E-state index is 13.5. The number of likely N-dealkylation sites (N-methyl/N-ethyl adjacent to an activating group) is 1. The number of ether oxygens (including phenoxy) is 3. The number of phosphoric ester groups is 1. The van der Waals surface area contributed by atoms with E-state index >= 15 is 0 Å². The average molecular weight is 1410 g/mol. The van der Waals surface area contributed by atoms with Gasteiger partial charge in [-0.1, -0.05) is 60.7 Å². The van der Waals surface area contributed by atoms with E-state index in [2.05, 4.69) is 89.5 Å². The van der Waals surface area contributed by atoms with Crippen molar-refractivity contribution in [3.8, 4) is 5.75 Å². The molecular formula is C57H69N9O23P3S2+. The molecule has 4 aliphatic rings. The van der Waals surface area contributed by atoms with Crippen LogP contribution in [0.2, 0.25) is 0 Å². The number of nitrogens with one attached hydrogen (secondary N) is 3. The van der Waals surface area contributed by atoms with Gasteiger partial charge < -0.3 is 60.2 Å². The number of allylic oxidation sites excluding steroid dienone is 8. The predicted octanol–water partition coefficient (Wildman–Crippen LogP) is 5.92. The zero-order valence-electron chi connectivity index (χ0n) is 50.9. The number of aromatic nitrogens is 4. The number of H-pyrrole nitrogens is 1. The van der Waals surface area contributed by atoms with E-state index in [0.717, 1.165) is 51.0 Å². The zero-order valence-corrected chi connectivity index (χ0v) is 55.2. The van der Waals surface area contributed by atoms with Gasteiger partial charge in [-0.05, 0) is 82.9 Å². The highest BCUT2D eigenvalue weighted by Crippen LogP contribution is 2.66. The van der Waals surface area contributed by atoms with Crippen LogP contribution in [0.1, 0.15) is 88.8 Å². The number of alkyl carbamates (subject to hydrolysis) is 1. The first kappa shape index (κ1) is 71.0. The molecule has 3 aromatic carbocycles. The first-order valence-electron chi connectivity index (χ1n) is 28.9. The van der Waals surface area contributed by atoms with Crippen LogP contribution >= 0.6 is 23.5 Å². The van der Waals surface area contributed by atoms with Gasteiger partial charge in [-0.15, -0.1) is 0 Å². The highest BCUT2D eigenvalue weighted by molar-refractivity contribution is 7.86. The first-order valence-corrected chi connectivity index (χ1v) is 36.5. The molecular weight excluding hydrogens is 1340 g/mol. The van der Waals surface area contributed by atoms with Crippen molar-refractivity contribution in [2.45, 2.75) is 101 Å². The Morgan fingerprint density at radius 2 is 1.65 bits per heavy atom. The standard InChI is InChI=1S/C57H68N9O23P3S2/c1-6-66-42-30-44-39(29-38(42)34(2)31-56(66,3)4)36(27-43(85-44)35-15-9-7-10-16-35)17-11-8-12-18-46-57(5,40-28-37(94(81,82)83)20-21-41(40)64(46)25-14-26-93(78,79)80)22-13-19-47(67)59-23-24-60-55(70)87-50-49(68)45(32-84-91(74,75)89-92(76,77)88-90(71,72)73)86-53(50)65-33-61-48-51(65)62-54(58)63-52(48)69/h7-12,15-18,20-21,27-31,33,45,49-50,53,68H,6,13-14,19,22-26,32H2,1-5H3,(H10-,58,59,60,62,63,67,69,70,71,72,73,74,75,76,77,78,79,80,81,82,83)/p+1/t45-,49-,50-,53-,57?/m1/s1. The monoisotopic (exact) mass is 1400 g/mol. The second-order valence-electron chi connectivity index (χ2n) is 22.8. The highest BCUT2D eigenvalue weighted by atomic mass is 32.2. The van der Waals surface area contributed by atoms with Gasteiger partial charge >= 0.3 is 29.6 Å². The molecule has 32 nitrogen and oxygen atoms in total. The molecule has 0 radical (unpaired) electrons. The van der Waals surface area contributed by atoms with E-state index in [1.54, 1.807) is 22.8 Å². The number of amides is 2. The summed E-state index contributed by atoms with van der Waals surface area (Å²) in [6.45, 7) is 9.43. The molecule has 1 fully saturated rings. The van der Waals surface area contributed by atoms with Gasteiger partial charge in [0.2, 0.25) is 17.5 Å². The smallest absolute Gasteiger partial charge is 0.456 e. The lowest BCUT2D eigenvalue weighted by atomic mass is 9.75. The summed E-state index contributed by atoms with van der Waals surface area (Å²) in [6, 6.07) is 17.9. The first-order chi connectivity index (χ1) is 44.0. The second-order valence-corrected chi connectivity index (χ2v) is 30.2. The summed E-state index contributed by atoms with van der Waals surface area (Å²) in [5, 5.41) is 16.4. The molecule has 1 saturated heterocycles. The summed E-state index contributed by atoms with van der Waals surface area (Å²) >= 11 is 0. The molecule has 6 heterocycles. The molecule has 0 saturated carbocycles. The molecule has 0 aliphatic carbocycles. The fraction of sp³-hybridized carbons (Fsp3) is 0.368. The van der Waals surface area contributed by atoms with Crippen LogP contribution < -0.4 is 31.6 Å². The SMILES string of the molecule is CCN1c2cc3c(cc2C(C)=CC1(C)C)C(=CC=CC=CC1=[N+](CCCS(=O)(=O)O)c2ccc(S(=O)(=O)O)cc2C1(C)CCCC(=O)NCCNC(=O)O[C@@H]1[C@H](O)[C@@H](COP(=O)(O)OP(=O)(O)OP(=O)(O)O)O[C@H]1n1cnc2c(=O)[nH]c(N)nc21)C=C(c1ccccc1)O3. The minimum atomic E-state index is -5.95. The van der Waals surface area contributed by atoms with Gasteiger partial charge in [0, 0.05) is 78.6 Å². The van der Waals surface area contributed by atoms with Gasteiger partial charge in [-0.25, -0.2) is 23.5 Å². The summed E-state index contributed by atoms with van der Waals surface area (Å²) in [5.41, 5.74) is 10.3. The molecule has 4 aliphatic heterocycles. The minimum Gasteiger partial charge on any atom is -0.456 e. The van der Waals surface area contributed by atoms with Crippen LogP contribution in [-0.4, -0.2) is 155 Å². The number of nitrogen functional groups attached to an aromatic ring is 1. The normalized spacial score (nSPS) is 22.1. The van der Waals surface area contributed by atoms with Gasteiger partial charge in [-0.2, -0.15) is 35.0 Å². The Hall–Kier alpha value is -7.33. The van der Waals surface area contributed by atoms with E-state index in [1.807, 2.05) is 55.5 Å². The average Bonchev–Trinajstić information content (AvgIpc) is 1.52. The second kappa shape index (κ2) is 27.8. The van der Waals surface area contributed by atoms with Crippen molar-refractivity contribution >= 4 is 107 Å². The number of aromatic amines is 1. The number of hydrogen-bond donors (Lipinski definition) is 11. The maximum atomic E-state index is 13.5. The van der Waals surface area contributed by atoms with Crippen LogP contribution in [0.4, 0.5) is 22.1 Å². The summed E-state index contributed by atoms with van der Waals surface area (Å²) in [4.78, 5) is 88.9. The predicted molar refractivity (Wildman–Crippen MR) is 340 cm³/mol. The van der Waals surface area contributed by atoms with Crippen LogP contribution in [0.3, 0.4) is 0 Å². The van der Waals surface area contributed by atoms with Crippen molar-refractivity contribution in [3.63, 3.8) is 0 Å². The van der Waals surface area contributed by atoms with E-state index in [1.165, 1.54) is 18.2 Å². The fourth-order valence-corrected chi connectivity index (χ4v) is 15.8. The van der Waals surface area contributed by atoms with Gasteiger partial charge in [-0.3, -0.25) is 32.8 Å². The number of imidazole rings is 1. The Labute approximate surface area is 538 Å². The number of carbonyl (C=O) groups excluding carboxylic acids is 2. The van der Waals surface area contributed by atoms with Crippen molar-refractivity contribution < 1.29 is 106 Å². The molecule has 7 atom stereocenters. The van der Waals surface area contributed by atoms with Crippen molar-refractivity contribution in [2.24, 2.45) is 0 Å².